The van der Waals surface area contributed by atoms with Gasteiger partial charge in [-0.15, -0.1) is 0 Å². The fourth-order valence-electron chi connectivity index (χ4n) is 4.09. The molecule has 0 aliphatic carbocycles. The standard InChI is InChI=1S/C26H17N3O/c1-2-6-21-18(4-1)15-20(16-24(21)25-27-10-11-28-25)17-8-9-22-19(14-17)5-3-7-23(22)26-29-12-13-30-26/h1-16H,(H,27,28). The summed E-state index contributed by atoms with van der Waals surface area (Å²) in [6.45, 7) is 0. The number of aromatic amines is 1. The van der Waals surface area contributed by atoms with Gasteiger partial charge in [-0.3, -0.25) is 0 Å². The minimum absolute atomic E-state index is 0.638. The van der Waals surface area contributed by atoms with E-state index in [0.29, 0.717) is 5.89 Å². The number of oxazole rings is 1. The highest BCUT2D eigenvalue weighted by atomic mass is 16.3. The highest BCUT2D eigenvalue weighted by molar-refractivity contribution is 6.01. The predicted molar refractivity (Wildman–Crippen MR) is 120 cm³/mol. The number of rotatable bonds is 3. The number of nitrogens with zero attached hydrogens (tertiary/aromatic N) is 2. The van der Waals surface area contributed by atoms with Crippen LogP contribution in [0.15, 0.2) is 102 Å². The molecule has 0 aliphatic rings. The second kappa shape index (κ2) is 6.71. The zero-order chi connectivity index (χ0) is 19.9. The molecule has 142 valence electrons. The highest BCUT2D eigenvalue weighted by Crippen LogP contribution is 2.35. The van der Waals surface area contributed by atoms with Crippen molar-refractivity contribution >= 4 is 21.5 Å². The van der Waals surface area contributed by atoms with Gasteiger partial charge in [-0.2, -0.15) is 0 Å². The first-order valence-corrected chi connectivity index (χ1v) is 9.82. The summed E-state index contributed by atoms with van der Waals surface area (Å²) in [6, 6.07) is 25.6. The zero-order valence-electron chi connectivity index (χ0n) is 16.0. The van der Waals surface area contributed by atoms with Crippen LogP contribution in [0.5, 0.6) is 0 Å². The molecule has 0 aliphatic heterocycles. The lowest BCUT2D eigenvalue weighted by molar-refractivity contribution is 0.575. The SMILES string of the molecule is c1ccc2c(-c3ncc[nH]3)cc(-c3ccc4c(-c5ncco5)cccc4c3)cc2c1. The van der Waals surface area contributed by atoms with Crippen molar-refractivity contribution in [2.45, 2.75) is 0 Å². The molecule has 4 heteroatoms. The molecule has 0 amide bonds. The van der Waals surface area contributed by atoms with Crippen molar-refractivity contribution in [1.29, 1.82) is 0 Å². The average molecular weight is 387 g/mol. The fourth-order valence-corrected chi connectivity index (χ4v) is 4.09. The van der Waals surface area contributed by atoms with Gasteiger partial charge in [-0.25, -0.2) is 9.97 Å². The molecule has 4 nitrogen and oxygen atoms in total. The van der Waals surface area contributed by atoms with Crippen LogP contribution in [0.3, 0.4) is 0 Å². The third kappa shape index (κ3) is 2.70. The predicted octanol–water partition coefficient (Wildman–Crippen LogP) is 6.71. The van der Waals surface area contributed by atoms with E-state index in [2.05, 4.69) is 75.6 Å². The molecule has 0 unspecified atom stereocenters. The number of benzene rings is 4. The summed E-state index contributed by atoms with van der Waals surface area (Å²) >= 11 is 0. The van der Waals surface area contributed by atoms with Gasteiger partial charge in [0.15, 0.2) is 0 Å². The zero-order valence-corrected chi connectivity index (χ0v) is 16.0. The summed E-state index contributed by atoms with van der Waals surface area (Å²) in [5.41, 5.74) is 4.41. The minimum Gasteiger partial charge on any atom is -0.445 e. The molecule has 2 heterocycles. The summed E-state index contributed by atoms with van der Waals surface area (Å²) in [5, 5.41) is 4.64. The number of H-pyrrole nitrogens is 1. The molecule has 0 spiro atoms. The molecular weight excluding hydrogens is 370 g/mol. The molecule has 30 heavy (non-hydrogen) atoms. The first kappa shape index (κ1) is 16.7. The summed E-state index contributed by atoms with van der Waals surface area (Å²) in [6.07, 6.45) is 6.93. The Labute approximate surface area is 172 Å². The van der Waals surface area contributed by atoms with Crippen LogP contribution < -0.4 is 0 Å². The number of aromatic nitrogens is 3. The Morgan fingerprint density at radius 3 is 2.33 bits per heavy atom. The Balaban J connectivity index is 1.56. The van der Waals surface area contributed by atoms with Gasteiger partial charge in [0.1, 0.15) is 12.1 Å². The molecule has 0 saturated carbocycles. The molecule has 0 bridgehead atoms. The lowest BCUT2D eigenvalue weighted by atomic mass is 9.94. The first-order valence-electron chi connectivity index (χ1n) is 9.82. The van der Waals surface area contributed by atoms with Gasteiger partial charge >= 0.3 is 0 Å². The van der Waals surface area contributed by atoms with E-state index in [-0.39, 0.29) is 0 Å². The second-order valence-corrected chi connectivity index (χ2v) is 7.26. The molecule has 1 N–H and O–H groups in total. The van der Waals surface area contributed by atoms with Crippen LogP contribution in [-0.4, -0.2) is 15.0 Å². The molecule has 2 aromatic heterocycles. The van der Waals surface area contributed by atoms with Gasteiger partial charge < -0.3 is 9.40 Å². The lowest BCUT2D eigenvalue weighted by Crippen LogP contribution is -1.88. The van der Waals surface area contributed by atoms with Crippen LogP contribution in [0.1, 0.15) is 0 Å². The van der Waals surface area contributed by atoms with Crippen molar-refractivity contribution < 1.29 is 4.42 Å². The summed E-state index contributed by atoms with van der Waals surface area (Å²) in [4.78, 5) is 12.1. The lowest BCUT2D eigenvalue weighted by Gasteiger charge is -2.11. The van der Waals surface area contributed by atoms with Crippen LogP contribution in [0.4, 0.5) is 0 Å². The maximum atomic E-state index is 5.53. The third-order valence-electron chi connectivity index (χ3n) is 5.49. The van der Waals surface area contributed by atoms with E-state index >= 15 is 0 Å². The molecule has 4 aromatic carbocycles. The van der Waals surface area contributed by atoms with Crippen LogP contribution in [-0.2, 0) is 0 Å². The monoisotopic (exact) mass is 387 g/mol. The molecule has 0 fully saturated rings. The van der Waals surface area contributed by atoms with E-state index < -0.39 is 0 Å². The van der Waals surface area contributed by atoms with Crippen molar-refractivity contribution in [2.75, 3.05) is 0 Å². The van der Waals surface area contributed by atoms with E-state index in [4.69, 9.17) is 4.42 Å². The third-order valence-corrected chi connectivity index (χ3v) is 5.49. The Hall–Kier alpha value is -4.18. The smallest absolute Gasteiger partial charge is 0.226 e. The van der Waals surface area contributed by atoms with Gasteiger partial charge in [0, 0.05) is 23.5 Å². The highest BCUT2D eigenvalue weighted by Gasteiger charge is 2.12. The Bertz CT molecular complexity index is 1480. The van der Waals surface area contributed by atoms with Gasteiger partial charge in [0.25, 0.3) is 0 Å². The van der Waals surface area contributed by atoms with E-state index in [1.54, 1.807) is 18.7 Å². The second-order valence-electron chi connectivity index (χ2n) is 7.26. The number of hydrogen-bond acceptors (Lipinski definition) is 3. The first-order chi connectivity index (χ1) is 14.9. The number of imidazole rings is 1. The normalized spacial score (nSPS) is 11.3. The van der Waals surface area contributed by atoms with Crippen LogP contribution in [0.25, 0.3) is 55.5 Å². The summed E-state index contributed by atoms with van der Waals surface area (Å²) in [7, 11) is 0. The number of hydrogen-bond donors (Lipinski definition) is 1. The molecule has 0 saturated heterocycles. The van der Waals surface area contributed by atoms with Crippen LogP contribution >= 0.6 is 0 Å². The van der Waals surface area contributed by atoms with Crippen molar-refractivity contribution in [3.8, 4) is 34.0 Å². The molecule has 0 atom stereocenters. The van der Waals surface area contributed by atoms with Crippen molar-refractivity contribution in [2.24, 2.45) is 0 Å². The molecular formula is C26H17N3O. The van der Waals surface area contributed by atoms with Crippen LogP contribution in [0, 0.1) is 0 Å². The summed E-state index contributed by atoms with van der Waals surface area (Å²) in [5.74, 6) is 1.51. The minimum atomic E-state index is 0.638. The van der Waals surface area contributed by atoms with Crippen molar-refractivity contribution in [3.05, 3.63) is 97.7 Å². The number of nitrogens with one attached hydrogen (secondary N) is 1. The van der Waals surface area contributed by atoms with Gasteiger partial charge in [-0.05, 0) is 56.9 Å². The Morgan fingerprint density at radius 2 is 1.50 bits per heavy atom. The maximum Gasteiger partial charge on any atom is 0.226 e. The van der Waals surface area contributed by atoms with Crippen molar-refractivity contribution in [3.63, 3.8) is 0 Å². The van der Waals surface area contributed by atoms with Crippen molar-refractivity contribution in [1.82, 2.24) is 15.0 Å². The number of fused-ring (bicyclic) bond motifs is 2. The average Bonchev–Trinajstić information content (AvgIpc) is 3.52. The quantitative estimate of drug-likeness (QED) is 0.367. The van der Waals surface area contributed by atoms with Gasteiger partial charge in [-0.1, -0.05) is 48.5 Å². The van der Waals surface area contributed by atoms with E-state index in [9.17, 15) is 0 Å². The molecule has 6 rings (SSSR count). The van der Waals surface area contributed by atoms with Gasteiger partial charge in [0.2, 0.25) is 5.89 Å². The largest absolute Gasteiger partial charge is 0.445 e. The van der Waals surface area contributed by atoms with E-state index in [0.717, 1.165) is 38.9 Å². The molecule has 0 radical (unpaired) electrons. The Morgan fingerprint density at radius 1 is 0.667 bits per heavy atom. The van der Waals surface area contributed by atoms with Crippen LogP contribution in [0.2, 0.25) is 0 Å². The summed E-state index contributed by atoms with van der Waals surface area (Å²) < 4.78 is 5.53. The Kier molecular flexibility index (Phi) is 3.74. The van der Waals surface area contributed by atoms with Gasteiger partial charge in [0.05, 0.1) is 6.20 Å². The maximum absolute atomic E-state index is 5.53. The topological polar surface area (TPSA) is 54.7 Å². The van der Waals surface area contributed by atoms with E-state index in [1.807, 2.05) is 18.3 Å². The van der Waals surface area contributed by atoms with E-state index in [1.165, 1.54) is 10.8 Å². The molecule has 6 aromatic rings. The fraction of sp³-hybridized carbons (Fsp3) is 0.